The largest absolute Gasteiger partial charge is 0.510 e. The number of anilines is 2. The Morgan fingerprint density at radius 3 is 2.39 bits per heavy atom. The average molecular weight is 391 g/mol. The number of hydrogen-bond acceptors (Lipinski definition) is 5. The van der Waals surface area contributed by atoms with Gasteiger partial charge in [-0.3, -0.25) is 5.41 Å². The smallest absolute Gasteiger partial charge is 0.139 e. The van der Waals surface area contributed by atoms with Gasteiger partial charge in [-0.25, -0.2) is 4.98 Å². The number of aryl methyl sites for hydroxylation is 1. The summed E-state index contributed by atoms with van der Waals surface area (Å²) in [6.45, 7) is 2.34. The molecule has 2 aromatic carbocycles. The Morgan fingerprint density at radius 1 is 1.07 bits per heavy atom. The van der Waals surface area contributed by atoms with Crippen LogP contribution in [0.1, 0.15) is 10.6 Å². The highest BCUT2D eigenvalue weighted by atomic mass is 32.1. The second-order valence-electron chi connectivity index (χ2n) is 7.07. The number of hydrogen-bond donors (Lipinski definition) is 2. The van der Waals surface area contributed by atoms with Crippen molar-refractivity contribution in [1.29, 1.82) is 5.41 Å². The predicted octanol–water partition coefficient (Wildman–Crippen LogP) is 4.95. The molecule has 0 saturated heterocycles. The number of nitrogens with one attached hydrogen (secondary N) is 1. The van der Waals surface area contributed by atoms with Gasteiger partial charge in [0.2, 0.25) is 0 Å². The van der Waals surface area contributed by atoms with Gasteiger partial charge >= 0.3 is 0 Å². The summed E-state index contributed by atoms with van der Waals surface area (Å²) in [6.07, 6.45) is 0. The Labute approximate surface area is 168 Å². The number of benzene rings is 2. The van der Waals surface area contributed by atoms with E-state index in [-0.39, 0.29) is 18.1 Å². The molecule has 1 aromatic heterocycles. The van der Waals surface area contributed by atoms with E-state index >= 15 is 0 Å². The molecule has 1 aliphatic rings. The van der Waals surface area contributed by atoms with Gasteiger partial charge in [0.25, 0.3) is 0 Å². The Balaban J connectivity index is 1.60. The molecule has 0 aliphatic carbocycles. The van der Waals surface area contributed by atoms with Crippen molar-refractivity contribution in [2.75, 3.05) is 30.4 Å². The van der Waals surface area contributed by atoms with Crippen molar-refractivity contribution in [3.05, 3.63) is 70.2 Å². The molecule has 4 rings (SSSR count). The summed E-state index contributed by atoms with van der Waals surface area (Å²) in [7, 11) is 3.99. The molecule has 5 nitrogen and oxygen atoms in total. The molecule has 6 heteroatoms. The zero-order valence-corrected chi connectivity index (χ0v) is 16.9. The van der Waals surface area contributed by atoms with E-state index in [1.54, 1.807) is 4.90 Å². The molecule has 0 spiro atoms. The molecule has 142 valence electrons. The molecule has 0 bridgehead atoms. The van der Waals surface area contributed by atoms with E-state index in [0.29, 0.717) is 10.6 Å². The zero-order chi connectivity index (χ0) is 19.8. The fraction of sp³-hybridized carbons (Fsp3) is 0.182. The zero-order valence-electron chi connectivity index (χ0n) is 16.1. The van der Waals surface area contributed by atoms with E-state index in [2.05, 4.69) is 24.0 Å². The van der Waals surface area contributed by atoms with Crippen molar-refractivity contribution in [1.82, 2.24) is 4.98 Å². The first-order valence-corrected chi connectivity index (χ1v) is 9.91. The number of aliphatic hydroxyl groups excluding tert-OH is 1. The van der Waals surface area contributed by atoms with Crippen LogP contribution in [0.3, 0.4) is 0 Å². The quantitative estimate of drug-likeness (QED) is 0.661. The maximum Gasteiger partial charge on any atom is 0.139 e. The summed E-state index contributed by atoms with van der Waals surface area (Å²) in [6, 6.07) is 16.2. The summed E-state index contributed by atoms with van der Waals surface area (Å²) in [5.74, 6) is 0.464. The second-order valence-corrected chi connectivity index (χ2v) is 7.93. The topological polar surface area (TPSA) is 63.5 Å². The van der Waals surface area contributed by atoms with Crippen LogP contribution < -0.4 is 9.80 Å². The first kappa shape index (κ1) is 18.3. The minimum atomic E-state index is 0.187. The molecule has 28 heavy (non-hydrogen) atoms. The lowest BCUT2D eigenvalue weighted by Gasteiger charge is -2.20. The molecule has 0 fully saturated rings. The fourth-order valence-corrected chi connectivity index (χ4v) is 4.10. The van der Waals surface area contributed by atoms with Crippen LogP contribution in [0, 0.1) is 12.3 Å². The van der Waals surface area contributed by atoms with Crippen LogP contribution in [0.4, 0.5) is 11.4 Å². The molecular formula is C22H22N4OS. The van der Waals surface area contributed by atoms with Crippen LogP contribution in [0.5, 0.6) is 0 Å². The monoisotopic (exact) mass is 390 g/mol. The molecule has 0 saturated carbocycles. The molecule has 2 heterocycles. The second kappa shape index (κ2) is 7.13. The third kappa shape index (κ3) is 3.27. The van der Waals surface area contributed by atoms with Crippen molar-refractivity contribution in [2.45, 2.75) is 6.92 Å². The first-order valence-electron chi connectivity index (χ1n) is 9.03. The van der Waals surface area contributed by atoms with Crippen LogP contribution in [-0.4, -0.2) is 36.6 Å². The number of thiazole rings is 1. The van der Waals surface area contributed by atoms with Gasteiger partial charge in [0.15, 0.2) is 0 Å². The molecule has 0 radical (unpaired) electrons. The minimum absolute atomic E-state index is 0.187. The molecule has 0 unspecified atom stereocenters. The van der Waals surface area contributed by atoms with E-state index in [4.69, 9.17) is 5.41 Å². The van der Waals surface area contributed by atoms with E-state index < -0.39 is 0 Å². The van der Waals surface area contributed by atoms with Gasteiger partial charge in [0, 0.05) is 36.4 Å². The van der Waals surface area contributed by atoms with Crippen molar-refractivity contribution >= 4 is 34.1 Å². The molecule has 3 aromatic rings. The molecule has 0 amide bonds. The maximum absolute atomic E-state index is 10.6. The highest BCUT2D eigenvalue weighted by Gasteiger charge is 2.31. The van der Waals surface area contributed by atoms with Gasteiger partial charge in [-0.1, -0.05) is 29.8 Å². The Kier molecular flexibility index (Phi) is 4.65. The van der Waals surface area contributed by atoms with Gasteiger partial charge < -0.3 is 14.9 Å². The third-order valence-corrected chi connectivity index (χ3v) is 5.71. The summed E-state index contributed by atoms with van der Waals surface area (Å²) in [4.78, 5) is 8.52. The lowest BCUT2D eigenvalue weighted by Crippen LogP contribution is -2.26. The number of aliphatic hydroxyl groups is 1. The van der Waals surface area contributed by atoms with Gasteiger partial charge in [0.1, 0.15) is 16.6 Å². The van der Waals surface area contributed by atoms with Crippen molar-refractivity contribution in [3.63, 3.8) is 0 Å². The predicted molar refractivity (Wildman–Crippen MR) is 118 cm³/mol. The van der Waals surface area contributed by atoms with Crippen molar-refractivity contribution in [3.8, 4) is 11.3 Å². The van der Waals surface area contributed by atoms with Crippen LogP contribution in [0.25, 0.3) is 16.8 Å². The number of aromatic nitrogens is 1. The standard InChI is InChI=1S/C22H22N4OS/c1-14-4-6-15(7-5-14)18-13-28-22(24-18)20-19(27)12-26(21(20)23)17-10-8-16(9-11-17)25(2)3/h4-11,13,23,27H,12H2,1-3H3. The van der Waals surface area contributed by atoms with Crippen LogP contribution in [0.2, 0.25) is 0 Å². The SMILES string of the molecule is Cc1ccc(-c2csc(C3=C(O)CN(c4ccc(N(C)C)cc4)C3=N)n2)cc1. The number of nitrogens with zero attached hydrogens (tertiary/aromatic N) is 3. The minimum Gasteiger partial charge on any atom is -0.510 e. The molecular weight excluding hydrogens is 368 g/mol. The first-order chi connectivity index (χ1) is 13.4. The average Bonchev–Trinajstić information content (AvgIpc) is 3.27. The van der Waals surface area contributed by atoms with E-state index in [1.165, 1.54) is 16.9 Å². The van der Waals surface area contributed by atoms with Gasteiger partial charge in [-0.2, -0.15) is 0 Å². The van der Waals surface area contributed by atoms with Gasteiger partial charge in [-0.05, 0) is 31.2 Å². The van der Waals surface area contributed by atoms with Gasteiger partial charge in [0.05, 0.1) is 17.8 Å². The summed E-state index contributed by atoms with van der Waals surface area (Å²) in [5.41, 5.74) is 5.59. The maximum atomic E-state index is 10.6. The number of amidine groups is 1. The highest BCUT2D eigenvalue weighted by Crippen LogP contribution is 2.34. The van der Waals surface area contributed by atoms with E-state index in [0.717, 1.165) is 22.6 Å². The summed E-state index contributed by atoms with van der Waals surface area (Å²) >= 11 is 1.45. The normalized spacial score (nSPS) is 14.1. The lowest BCUT2D eigenvalue weighted by atomic mass is 10.1. The Morgan fingerprint density at radius 2 is 1.75 bits per heavy atom. The highest BCUT2D eigenvalue weighted by molar-refractivity contribution is 7.11. The summed E-state index contributed by atoms with van der Waals surface area (Å²) in [5, 5.41) is 21.8. The van der Waals surface area contributed by atoms with Gasteiger partial charge in [-0.15, -0.1) is 11.3 Å². The fourth-order valence-electron chi connectivity index (χ4n) is 3.20. The van der Waals surface area contributed by atoms with Crippen molar-refractivity contribution in [2.24, 2.45) is 0 Å². The summed E-state index contributed by atoms with van der Waals surface area (Å²) < 4.78 is 0. The van der Waals surface area contributed by atoms with Crippen molar-refractivity contribution < 1.29 is 5.11 Å². The van der Waals surface area contributed by atoms with Crippen LogP contribution in [-0.2, 0) is 0 Å². The Bertz CT molecular complexity index is 1050. The van der Waals surface area contributed by atoms with Crippen LogP contribution in [0.15, 0.2) is 59.7 Å². The molecule has 1 aliphatic heterocycles. The third-order valence-electron chi connectivity index (χ3n) is 4.85. The lowest BCUT2D eigenvalue weighted by molar-refractivity contribution is 0.411. The molecule has 2 N–H and O–H groups in total. The van der Waals surface area contributed by atoms with Crippen LogP contribution >= 0.6 is 11.3 Å². The van der Waals surface area contributed by atoms with E-state index in [1.807, 2.05) is 60.8 Å². The Hall–Kier alpha value is -3.12. The number of rotatable bonds is 4. The van der Waals surface area contributed by atoms with E-state index in [9.17, 15) is 5.11 Å². The molecule has 0 atom stereocenters.